The van der Waals surface area contributed by atoms with Crippen LogP contribution in [0.2, 0.25) is 0 Å². The van der Waals surface area contributed by atoms with E-state index in [9.17, 15) is 9.59 Å². The third-order valence-electron chi connectivity index (χ3n) is 9.64. The lowest BCUT2D eigenvalue weighted by molar-refractivity contribution is -0.131. The minimum atomic E-state index is -0.539. The molecule has 0 bridgehead atoms. The standard InChI is InChI=1S/C39H58O5/c1-25(2)14-11-15-26(3)16-12-17-27(4)18-13-22-39(10)23-21-33-31(8)36(29(6)30(7)37(33)44-39)43-38(41)34-20-19-28(5)24-35(34)42-32(9)40/h19-20,24-27H,11-18,21-23H2,1-10H3. The van der Waals surface area contributed by atoms with Crippen LogP contribution in [0.1, 0.15) is 144 Å². The molecule has 1 aliphatic heterocycles. The molecule has 0 N–H and O–H groups in total. The Hall–Kier alpha value is -2.82. The molecule has 0 aliphatic carbocycles. The van der Waals surface area contributed by atoms with Gasteiger partial charge in [0.15, 0.2) is 0 Å². The van der Waals surface area contributed by atoms with Crippen LogP contribution in [0.15, 0.2) is 18.2 Å². The Kier molecular flexibility index (Phi) is 12.9. The van der Waals surface area contributed by atoms with E-state index in [-0.39, 0.29) is 16.9 Å². The summed E-state index contributed by atoms with van der Waals surface area (Å²) in [7, 11) is 0. The molecule has 1 heterocycles. The highest BCUT2D eigenvalue weighted by molar-refractivity contribution is 5.95. The highest BCUT2D eigenvalue weighted by Crippen LogP contribution is 2.45. The fourth-order valence-corrected chi connectivity index (χ4v) is 6.60. The van der Waals surface area contributed by atoms with Crippen molar-refractivity contribution in [3.05, 3.63) is 51.6 Å². The summed E-state index contributed by atoms with van der Waals surface area (Å²) in [5.74, 6) is 3.12. The first-order valence-corrected chi connectivity index (χ1v) is 17.0. The highest BCUT2D eigenvalue weighted by atomic mass is 16.6. The molecule has 0 saturated carbocycles. The van der Waals surface area contributed by atoms with Crippen LogP contribution in [0.3, 0.4) is 0 Å². The molecule has 0 radical (unpaired) electrons. The van der Waals surface area contributed by atoms with Gasteiger partial charge in [0.05, 0.1) is 0 Å². The zero-order valence-corrected chi connectivity index (χ0v) is 29.3. The number of aryl methyl sites for hydroxylation is 1. The van der Waals surface area contributed by atoms with Gasteiger partial charge in [-0.2, -0.15) is 0 Å². The molecule has 3 rings (SSSR count). The number of fused-ring (bicyclic) bond motifs is 1. The first-order chi connectivity index (χ1) is 20.7. The first-order valence-electron chi connectivity index (χ1n) is 17.0. The van der Waals surface area contributed by atoms with E-state index < -0.39 is 11.9 Å². The van der Waals surface area contributed by atoms with Crippen molar-refractivity contribution in [1.82, 2.24) is 0 Å². The summed E-state index contributed by atoms with van der Waals surface area (Å²) in [5.41, 5.74) is 4.89. The number of hydrogen-bond donors (Lipinski definition) is 0. The van der Waals surface area contributed by atoms with Crippen LogP contribution >= 0.6 is 0 Å². The summed E-state index contributed by atoms with van der Waals surface area (Å²) in [4.78, 5) is 24.9. The van der Waals surface area contributed by atoms with Crippen molar-refractivity contribution >= 4 is 11.9 Å². The van der Waals surface area contributed by atoms with Gasteiger partial charge in [0.1, 0.15) is 28.4 Å². The molecule has 0 saturated heterocycles. The lowest BCUT2D eigenvalue weighted by Gasteiger charge is -2.38. The summed E-state index contributed by atoms with van der Waals surface area (Å²) in [5, 5.41) is 0. The van der Waals surface area contributed by atoms with Gasteiger partial charge < -0.3 is 14.2 Å². The van der Waals surface area contributed by atoms with Gasteiger partial charge >= 0.3 is 11.9 Å². The maximum absolute atomic E-state index is 13.3. The van der Waals surface area contributed by atoms with Crippen molar-refractivity contribution in [2.45, 2.75) is 145 Å². The Morgan fingerprint density at radius 2 is 1.45 bits per heavy atom. The van der Waals surface area contributed by atoms with Crippen molar-refractivity contribution in [3.8, 4) is 17.2 Å². The molecular formula is C39H58O5. The first kappa shape index (κ1) is 35.7. The van der Waals surface area contributed by atoms with Crippen molar-refractivity contribution in [2.75, 3.05) is 0 Å². The quantitative estimate of drug-likeness (QED) is 0.149. The fourth-order valence-electron chi connectivity index (χ4n) is 6.60. The molecule has 244 valence electrons. The van der Waals surface area contributed by atoms with E-state index in [0.717, 1.165) is 70.6 Å². The molecule has 0 spiro atoms. The predicted molar refractivity (Wildman–Crippen MR) is 180 cm³/mol. The monoisotopic (exact) mass is 606 g/mol. The van der Waals surface area contributed by atoms with Crippen molar-refractivity contribution < 1.29 is 23.8 Å². The molecule has 2 aromatic carbocycles. The van der Waals surface area contributed by atoms with Gasteiger partial charge in [0.25, 0.3) is 0 Å². The van der Waals surface area contributed by atoms with Gasteiger partial charge in [0.2, 0.25) is 0 Å². The second-order valence-corrected chi connectivity index (χ2v) is 14.4. The van der Waals surface area contributed by atoms with Crippen LogP contribution in [-0.4, -0.2) is 17.5 Å². The van der Waals surface area contributed by atoms with Crippen molar-refractivity contribution in [3.63, 3.8) is 0 Å². The molecule has 0 aromatic heterocycles. The second kappa shape index (κ2) is 16.0. The molecule has 5 nitrogen and oxygen atoms in total. The topological polar surface area (TPSA) is 61.8 Å². The summed E-state index contributed by atoms with van der Waals surface area (Å²) in [6.45, 7) is 21.0. The smallest absolute Gasteiger partial charge is 0.347 e. The third kappa shape index (κ3) is 9.84. The SMILES string of the molecule is CC(=O)Oc1cc(C)ccc1C(=O)Oc1c(C)c(C)c2c(c1C)CCC(C)(CCCC(C)CCCC(C)CCCC(C)C)O2. The number of rotatable bonds is 15. The summed E-state index contributed by atoms with van der Waals surface area (Å²) < 4.78 is 18.1. The van der Waals surface area contributed by atoms with Gasteiger partial charge in [0, 0.05) is 12.5 Å². The average Bonchev–Trinajstić information content (AvgIpc) is 2.93. The predicted octanol–water partition coefficient (Wildman–Crippen LogP) is 10.6. The van der Waals surface area contributed by atoms with Crippen molar-refractivity contribution in [1.29, 1.82) is 0 Å². The molecule has 3 atom stereocenters. The zero-order chi connectivity index (χ0) is 32.6. The molecule has 2 aromatic rings. The van der Waals surface area contributed by atoms with Crippen LogP contribution in [0.4, 0.5) is 0 Å². The van der Waals surface area contributed by atoms with Crippen LogP contribution in [-0.2, 0) is 11.2 Å². The van der Waals surface area contributed by atoms with E-state index >= 15 is 0 Å². The molecule has 3 unspecified atom stereocenters. The normalized spacial score (nSPS) is 17.5. The summed E-state index contributed by atoms with van der Waals surface area (Å²) >= 11 is 0. The summed E-state index contributed by atoms with van der Waals surface area (Å²) in [6.07, 6.45) is 13.4. The van der Waals surface area contributed by atoms with Gasteiger partial charge in [-0.15, -0.1) is 0 Å². The van der Waals surface area contributed by atoms with Crippen LogP contribution in [0.25, 0.3) is 0 Å². The van der Waals surface area contributed by atoms with Crippen LogP contribution in [0.5, 0.6) is 17.2 Å². The maximum Gasteiger partial charge on any atom is 0.347 e. The fraction of sp³-hybridized carbons (Fsp3) is 0.641. The second-order valence-electron chi connectivity index (χ2n) is 14.4. The molecule has 1 aliphatic rings. The van der Waals surface area contributed by atoms with E-state index in [1.54, 1.807) is 12.1 Å². The van der Waals surface area contributed by atoms with E-state index in [1.807, 2.05) is 26.8 Å². The van der Waals surface area contributed by atoms with E-state index in [4.69, 9.17) is 14.2 Å². The van der Waals surface area contributed by atoms with Gasteiger partial charge in [-0.1, -0.05) is 78.7 Å². The number of carbonyl (C=O) groups excluding carboxylic acids is 2. The maximum atomic E-state index is 13.3. The number of ether oxygens (including phenoxy) is 3. The van der Waals surface area contributed by atoms with E-state index in [1.165, 1.54) is 58.3 Å². The Balaban J connectivity index is 1.59. The Bertz CT molecular complexity index is 1290. The van der Waals surface area contributed by atoms with E-state index in [2.05, 4.69) is 41.5 Å². The van der Waals surface area contributed by atoms with Gasteiger partial charge in [-0.05, 0) is 112 Å². The highest BCUT2D eigenvalue weighted by Gasteiger charge is 2.35. The van der Waals surface area contributed by atoms with Gasteiger partial charge in [-0.3, -0.25) is 4.79 Å². The minimum absolute atomic E-state index is 0.194. The number of esters is 2. The number of hydrogen-bond acceptors (Lipinski definition) is 5. The van der Waals surface area contributed by atoms with E-state index in [0.29, 0.717) is 5.75 Å². The average molecular weight is 607 g/mol. The minimum Gasteiger partial charge on any atom is -0.487 e. The molecule has 44 heavy (non-hydrogen) atoms. The van der Waals surface area contributed by atoms with Crippen LogP contribution < -0.4 is 14.2 Å². The van der Waals surface area contributed by atoms with Gasteiger partial charge in [-0.25, -0.2) is 4.79 Å². The lowest BCUT2D eigenvalue weighted by Crippen LogP contribution is -2.37. The Morgan fingerprint density at radius 1 is 0.841 bits per heavy atom. The molecule has 0 fully saturated rings. The summed E-state index contributed by atoms with van der Waals surface area (Å²) in [6, 6.07) is 5.14. The Labute approximate surface area is 267 Å². The molecular weight excluding hydrogens is 548 g/mol. The Morgan fingerprint density at radius 3 is 2.07 bits per heavy atom. The largest absolute Gasteiger partial charge is 0.487 e. The third-order valence-corrected chi connectivity index (χ3v) is 9.64. The van der Waals surface area contributed by atoms with Crippen LogP contribution in [0, 0.1) is 45.4 Å². The lowest BCUT2D eigenvalue weighted by atomic mass is 9.83. The van der Waals surface area contributed by atoms with Crippen molar-refractivity contribution in [2.24, 2.45) is 17.8 Å². The molecule has 5 heteroatoms. The number of carbonyl (C=O) groups is 2. The molecule has 0 amide bonds. The zero-order valence-electron chi connectivity index (χ0n) is 29.3. The number of benzene rings is 2.